The zero-order chi connectivity index (χ0) is 20.6. The van der Waals surface area contributed by atoms with Gasteiger partial charge in [0.15, 0.2) is 0 Å². The summed E-state index contributed by atoms with van der Waals surface area (Å²) in [5.41, 5.74) is 0. The molecule has 4 nitrogen and oxygen atoms in total. The molecule has 1 saturated carbocycles. The molecule has 3 rings (SSSR count). The van der Waals surface area contributed by atoms with E-state index in [4.69, 9.17) is 16.3 Å². The van der Waals surface area contributed by atoms with Gasteiger partial charge in [0.2, 0.25) is 0 Å². The Morgan fingerprint density at radius 1 is 1.21 bits per heavy atom. The van der Waals surface area contributed by atoms with Gasteiger partial charge in [0, 0.05) is 22.5 Å². The lowest BCUT2D eigenvalue weighted by Crippen LogP contribution is -2.45. The Kier molecular flexibility index (Phi) is 8.28. The maximum Gasteiger partial charge on any atom is 0.317 e. The molecule has 0 aromatic heterocycles. The fourth-order valence-corrected chi connectivity index (χ4v) is 5.04. The first-order chi connectivity index (χ1) is 14.0. The van der Waals surface area contributed by atoms with Crippen LogP contribution in [0.3, 0.4) is 0 Å². The van der Waals surface area contributed by atoms with Crippen molar-refractivity contribution in [1.29, 1.82) is 0 Å². The Hall–Kier alpha value is -1.69. The van der Waals surface area contributed by atoms with E-state index in [0.29, 0.717) is 17.6 Å². The van der Waals surface area contributed by atoms with Crippen molar-refractivity contribution in [3.8, 4) is 5.75 Å². The molecule has 1 aliphatic carbocycles. The molecule has 2 aromatic rings. The number of carboxylic acid groups (broad SMARTS) is 1. The third-order valence-corrected chi connectivity index (χ3v) is 6.40. The summed E-state index contributed by atoms with van der Waals surface area (Å²) in [6.07, 6.45) is 5.63. The molecular formula is C23H28ClNO3S. The normalized spacial score (nSPS) is 16.0. The molecule has 0 bridgehead atoms. The number of benzene rings is 2. The molecule has 0 saturated heterocycles. The van der Waals surface area contributed by atoms with E-state index < -0.39 is 5.97 Å². The van der Waals surface area contributed by atoms with E-state index in [0.717, 1.165) is 28.4 Å². The van der Waals surface area contributed by atoms with E-state index in [2.05, 4.69) is 4.90 Å². The van der Waals surface area contributed by atoms with Crippen LogP contribution in [0.4, 0.5) is 0 Å². The Morgan fingerprint density at radius 2 is 1.97 bits per heavy atom. The first-order valence-corrected chi connectivity index (χ1v) is 11.4. The van der Waals surface area contributed by atoms with Gasteiger partial charge in [0.05, 0.1) is 11.4 Å². The van der Waals surface area contributed by atoms with Crippen LogP contribution in [0.5, 0.6) is 5.75 Å². The second kappa shape index (κ2) is 10.9. The van der Waals surface area contributed by atoms with Crippen LogP contribution < -0.4 is 4.74 Å². The molecule has 1 unspecified atom stereocenters. The molecule has 1 N–H and O–H groups in total. The summed E-state index contributed by atoms with van der Waals surface area (Å²) >= 11 is 7.72. The molecule has 6 heteroatoms. The van der Waals surface area contributed by atoms with E-state index in [9.17, 15) is 9.90 Å². The second-order valence-electron chi connectivity index (χ2n) is 7.55. The Morgan fingerprint density at radius 3 is 2.69 bits per heavy atom. The van der Waals surface area contributed by atoms with Crippen LogP contribution in [-0.2, 0) is 4.79 Å². The summed E-state index contributed by atoms with van der Waals surface area (Å²) in [6, 6.07) is 16.0. The average molecular weight is 434 g/mol. The number of halogens is 1. The predicted molar refractivity (Wildman–Crippen MR) is 118 cm³/mol. The molecule has 1 atom stereocenters. The smallest absolute Gasteiger partial charge is 0.317 e. The standard InChI is InChI=1S/C23H28ClNO3S/c1-17(15-25(16-23(26)27)19-9-3-2-4-10-19)28-21-12-5-6-13-22(21)29-20-11-7-8-18(24)14-20/h5-8,11-14,17,19H,2-4,9-10,15-16H2,1H3,(H,26,27). The summed E-state index contributed by atoms with van der Waals surface area (Å²) in [6.45, 7) is 2.68. The van der Waals surface area contributed by atoms with E-state index in [1.165, 1.54) is 19.3 Å². The first-order valence-electron chi connectivity index (χ1n) is 10.2. The lowest BCUT2D eigenvalue weighted by molar-refractivity contribution is -0.139. The van der Waals surface area contributed by atoms with Gasteiger partial charge in [-0.2, -0.15) is 0 Å². The van der Waals surface area contributed by atoms with Crippen LogP contribution in [0.15, 0.2) is 58.3 Å². The van der Waals surface area contributed by atoms with Crippen LogP contribution in [0.2, 0.25) is 5.02 Å². The Bertz CT molecular complexity index is 810. The van der Waals surface area contributed by atoms with Gasteiger partial charge in [-0.25, -0.2) is 0 Å². The number of aliphatic carboxylic acids is 1. The number of ether oxygens (including phenoxy) is 1. The molecule has 0 amide bonds. The summed E-state index contributed by atoms with van der Waals surface area (Å²) in [5, 5.41) is 10.1. The third kappa shape index (κ3) is 6.95. The maximum absolute atomic E-state index is 11.4. The van der Waals surface area contributed by atoms with Crippen LogP contribution in [0, 0.1) is 0 Å². The number of carbonyl (C=O) groups is 1. The number of rotatable bonds is 9. The predicted octanol–water partition coefficient (Wildman–Crippen LogP) is 5.98. The monoisotopic (exact) mass is 433 g/mol. The molecule has 2 aromatic carbocycles. The summed E-state index contributed by atoms with van der Waals surface area (Å²) < 4.78 is 6.26. The van der Waals surface area contributed by atoms with Crippen molar-refractivity contribution in [2.45, 2.75) is 61.0 Å². The lowest BCUT2D eigenvalue weighted by Gasteiger charge is -2.35. The number of hydrogen-bond donors (Lipinski definition) is 1. The van der Waals surface area contributed by atoms with Crippen molar-refractivity contribution >= 4 is 29.3 Å². The van der Waals surface area contributed by atoms with Gasteiger partial charge < -0.3 is 9.84 Å². The highest BCUT2D eigenvalue weighted by Crippen LogP contribution is 2.36. The maximum atomic E-state index is 11.4. The largest absolute Gasteiger partial charge is 0.488 e. The topological polar surface area (TPSA) is 49.8 Å². The van der Waals surface area contributed by atoms with Gasteiger partial charge in [-0.3, -0.25) is 9.69 Å². The molecule has 0 spiro atoms. The van der Waals surface area contributed by atoms with E-state index in [1.54, 1.807) is 11.8 Å². The fraction of sp³-hybridized carbons (Fsp3) is 0.435. The van der Waals surface area contributed by atoms with Crippen LogP contribution in [0.1, 0.15) is 39.0 Å². The van der Waals surface area contributed by atoms with E-state index >= 15 is 0 Å². The first kappa shape index (κ1) is 22.0. The zero-order valence-electron chi connectivity index (χ0n) is 16.7. The lowest BCUT2D eigenvalue weighted by atomic mass is 9.94. The molecule has 29 heavy (non-hydrogen) atoms. The van der Waals surface area contributed by atoms with Crippen molar-refractivity contribution in [2.75, 3.05) is 13.1 Å². The molecule has 0 aliphatic heterocycles. The second-order valence-corrected chi connectivity index (χ2v) is 9.10. The SMILES string of the molecule is CC(CN(CC(=O)O)C1CCCCC1)Oc1ccccc1Sc1cccc(Cl)c1. The quantitative estimate of drug-likeness (QED) is 0.527. The molecule has 0 heterocycles. The minimum Gasteiger partial charge on any atom is -0.488 e. The van der Waals surface area contributed by atoms with E-state index in [-0.39, 0.29) is 12.6 Å². The number of hydrogen-bond acceptors (Lipinski definition) is 4. The molecule has 1 aliphatic rings. The van der Waals surface area contributed by atoms with Crippen molar-refractivity contribution in [3.05, 3.63) is 53.6 Å². The van der Waals surface area contributed by atoms with Gasteiger partial charge in [0.1, 0.15) is 11.9 Å². The van der Waals surface area contributed by atoms with Gasteiger partial charge >= 0.3 is 5.97 Å². The highest BCUT2D eigenvalue weighted by atomic mass is 35.5. The zero-order valence-corrected chi connectivity index (χ0v) is 18.3. The number of carboxylic acids is 1. The Labute approximate surface area is 182 Å². The molecule has 1 fully saturated rings. The minimum absolute atomic E-state index is 0.0667. The highest BCUT2D eigenvalue weighted by Gasteiger charge is 2.25. The summed E-state index contributed by atoms with van der Waals surface area (Å²) in [5.74, 6) is 0.0311. The third-order valence-electron chi connectivity index (χ3n) is 5.12. The van der Waals surface area contributed by atoms with E-state index in [1.807, 2.05) is 55.5 Å². The van der Waals surface area contributed by atoms with Crippen LogP contribution >= 0.6 is 23.4 Å². The molecule has 156 valence electrons. The van der Waals surface area contributed by atoms with Gasteiger partial charge in [-0.1, -0.05) is 60.8 Å². The minimum atomic E-state index is -0.778. The van der Waals surface area contributed by atoms with Gasteiger partial charge in [-0.05, 0) is 50.1 Å². The fourth-order valence-electron chi connectivity index (χ4n) is 3.84. The van der Waals surface area contributed by atoms with Crippen molar-refractivity contribution in [3.63, 3.8) is 0 Å². The Balaban J connectivity index is 1.67. The average Bonchev–Trinajstić information content (AvgIpc) is 2.69. The van der Waals surface area contributed by atoms with Crippen molar-refractivity contribution < 1.29 is 14.6 Å². The molecule has 0 radical (unpaired) electrons. The number of nitrogens with zero attached hydrogens (tertiary/aromatic N) is 1. The van der Waals surface area contributed by atoms with Gasteiger partial charge in [-0.15, -0.1) is 0 Å². The summed E-state index contributed by atoms with van der Waals surface area (Å²) in [4.78, 5) is 15.5. The molecular weight excluding hydrogens is 406 g/mol. The summed E-state index contributed by atoms with van der Waals surface area (Å²) in [7, 11) is 0. The van der Waals surface area contributed by atoms with Crippen LogP contribution in [0.25, 0.3) is 0 Å². The van der Waals surface area contributed by atoms with Crippen LogP contribution in [-0.4, -0.2) is 41.2 Å². The van der Waals surface area contributed by atoms with Gasteiger partial charge in [0.25, 0.3) is 0 Å². The van der Waals surface area contributed by atoms with Crippen molar-refractivity contribution in [2.24, 2.45) is 0 Å². The van der Waals surface area contributed by atoms with Crippen molar-refractivity contribution in [1.82, 2.24) is 4.90 Å². The highest BCUT2D eigenvalue weighted by molar-refractivity contribution is 7.99. The number of para-hydroxylation sites is 1.